The van der Waals surface area contributed by atoms with Crippen LogP contribution in [0.25, 0.3) is 0 Å². The molecule has 0 aliphatic carbocycles. The van der Waals surface area contributed by atoms with Crippen LogP contribution < -0.4 is 0 Å². The second-order valence-corrected chi connectivity index (χ2v) is 22.7. The van der Waals surface area contributed by atoms with E-state index >= 15 is 0 Å². The van der Waals surface area contributed by atoms with Crippen molar-refractivity contribution in [2.45, 2.75) is 374 Å². The Morgan fingerprint density at radius 3 is 0.747 bits per heavy atom. The van der Waals surface area contributed by atoms with Gasteiger partial charge < -0.3 is 14.2 Å². The maximum Gasteiger partial charge on any atom is 0.306 e. The number of esters is 3. The van der Waals surface area contributed by atoms with E-state index in [1.165, 1.54) is 257 Å². The molecule has 0 N–H and O–H groups in total. The molecule has 0 aromatic rings. The Morgan fingerprint density at radius 1 is 0.267 bits per heavy atom. The predicted octanol–water partition coefficient (Wildman–Crippen LogP) is 22.8. The van der Waals surface area contributed by atoms with E-state index in [1.54, 1.807) is 0 Å². The molecule has 0 heterocycles. The van der Waals surface area contributed by atoms with Gasteiger partial charge in [0.15, 0.2) is 6.10 Å². The fraction of sp³-hybridized carbons (Fsp3) is 0.870. The summed E-state index contributed by atoms with van der Waals surface area (Å²) in [5, 5.41) is 0. The van der Waals surface area contributed by atoms with Crippen molar-refractivity contribution in [1.29, 1.82) is 0 Å². The minimum atomic E-state index is -0.774. The fourth-order valence-electron chi connectivity index (χ4n) is 10.1. The number of carbonyl (C=O) groups is 3. The summed E-state index contributed by atoms with van der Waals surface area (Å²) in [6.07, 6.45) is 78.7. The molecule has 0 fully saturated rings. The molecule has 1 unspecified atom stereocenters. The SMILES string of the molecule is CCCCCCC/C=C\C/C=C\CCCCCCCCCCCCCC(=O)OCC(COC(=O)CCCCCCC/C=C\CCCCCCCC)OC(=O)CCCCCCCCCCCCCCCCCCCCC. The highest BCUT2D eigenvalue weighted by molar-refractivity contribution is 5.71. The average Bonchev–Trinajstić information content (AvgIpc) is 3.41. The molecule has 0 saturated carbocycles. The molecule has 440 valence electrons. The third-order valence-corrected chi connectivity index (χ3v) is 15.1. The van der Waals surface area contributed by atoms with Crippen molar-refractivity contribution < 1.29 is 28.6 Å². The van der Waals surface area contributed by atoms with Gasteiger partial charge in [-0.2, -0.15) is 0 Å². The van der Waals surface area contributed by atoms with E-state index in [-0.39, 0.29) is 31.1 Å². The van der Waals surface area contributed by atoms with Crippen LogP contribution in [0.4, 0.5) is 0 Å². The van der Waals surface area contributed by atoms with E-state index < -0.39 is 6.10 Å². The lowest BCUT2D eigenvalue weighted by Gasteiger charge is -2.18. The summed E-state index contributed by atoms with van der Waals surface area (Å²) in [6, 6.07) is 0. The van der Waals surface area contributed by atoms with Gasteiger partial charge in [-0.1, -0.05) is 308 Å². The van der Waals surface area contributed by atoms with Crippen LogP contribution in [0.1, 0.15) is 367 Å². The zero-order valence-electron chi connectivity index (χ0n) is 50.6. The van der Waals surface area contributed by atoms with E-state index in [9.17, 15) is 14.4 Å². The third kappa shape index (κ3) is 62.4. The molecule has 1 atom stereocenters. The molecule has 6 nitrogen and oxygen atoms in total. The Hall–Kier alpha value is -2.37. The maximum atomic E-state index is 12.9. The van der Waals surface area contributed by atoms with Crippen LogP contribution in [0.5, 0.6) is 0 Å². The number of unbranched alkanes of at least 4 members (excludes halogenated alkanes) is 45. The molecular weight excluding hydrogens is 925 g/mol. The zero-order valence-corrected chi connectivity index (χ0v) is 50.6. The lowest BCUT2D eigenvalue weighted by molar-refractivity contribution is -0.167. The van der Waals surface area contributed by atoms with Crippen LogP contribution in [0.15, 0.2) is 36.5 Å². The van der Waals surface area contributed by atoms with Crippen LogP contribution in [0.2, 0.25) is 0 Å². The largest absolute Gasteiger partial charge is 0.462 e. The number of ether oxygens (including phenoxy) is 3. The highest BCUT2D eigenvalue weighted by Crippen LogP contribution is 2.18. The first-order chi connectivity index (χ1) is 37.0. The summed E-state index contributed by atoms with van der Waals surface area (Å²) >= 11 is 0. The third-order valence-electron chi connectivity index (χ3n) is 15.1. The molecule has 0 aliphatic heterocycles. The van der Waals surface area contributed by atoms with Crippen molar-refractivity contribution in [3.63, 3.8) is 0 Å². The second-order valence-electron chi connectivity index (χ2n) is 22.7. The first-order valence-electron chi connectivity index (χ1n) is 33.5. The number of allylic oxidation sites excluding steroid dienone is 6. The zero-order chi connectivity index (χ0) is 54.3. The average molecular weight is 1050 g/mol. The summed E-state index contributed by atoms with van der Waals surface area (Å²) in [6.45, 7) is 6.68. The topological polar surface area (TPSA) is 78.9 Å². The lowest BCUT2D eigenvalue weighted by atomic mass is 10.0. The second kappa shape index (κ2) is 64.2. The van der Waals surface area contributed by atoms with Gasteiger partial charge >= 0.3 is 17.9 Å². The van der Waals surface area contributed by atoms with Crippen LogP contribution in [-0.2, 0) is 28.6 Å². The fourth-order valence-corrected chi connectivity index (χ4v) is 10.1. The first kappa shape index (κ1) is 72.6. The van der Waals surface area contributed by atoms with Gasteiger partial charge in [0.25, 0.3) is 0 Å². The van der Waals surface area contributed by atoms with E-state index in [4.69, 9.17) is 14.2 Å². The van der Waals surface area contributed by atoms with Gasteiger partial charge in [0.1, 0.15) is 13.2 Å². The monoisotopic (exact) mass is 1050 g/mol. The van der Waals surface area contributed by atoms with Crippen LogP contribution in [0.3, 0.4) is 0 Å². The van der Waals surface area contributed by atoms with E-state index in [2.05, 4.69) is 57.2 Å². The van der Waals surface area contributed by atoms with Crippen molar-refractivity contribution in [3.8, 4) is 0 Å². The summed E-state index contributed by atoms with van der Waals surface area (Å²) < 4.78 is 17.0. The van der Waals surface area contributed by atoms with Gasteiger partial charge in [-0.05, 0) is 77.0 Å². The van der Waals surface area contributed by atoms with E-state index in [0.29, 0.717) is 19.3 Å². The van der Waals surface area contributed by atoms with Crippen molar-refractivity contribution in [3.05, 3.63) is 36.5 Å². The van der Waals surface area contributed by atoms with Gasteiger partial charge in [0.2, 0.25) is 0 Å². The maximum absolute atomic E-state index is 12.9. The van der Waals surface area contributed by atoms with Crippen molar-refractivity contribution in [2.24, 2.45) is 0 Å². The normalized spacial score (nSPS) is 12.2. The molecule has 0 aliphatic rings. The minimum absolute atomic E-state index is 0.0713. The van der Waals surface area contributed by atoms with Gasteiger partial charge in [0.05, 0.1) is 0 Å². The minimum Gasteiger partial charge on any atom is -0.462 e. The molecule has 6 heteroatoms. The molecule has 0 amide bonds. The molecule has 0 bridgehead atoms. The van der Waals surface area contributed by atoms with E-state index in [1.807, 2.05) is 0 Å². The van der Waals surface area contributed by atoms with Crippen molar-refractivity contribution >= 4 is 17.9 Å². The molecule has 0 radical (unpaired) electrons. The van der Waals surface area contributed by atoms with Gasteiger partial charge in [-0.15, -0.1) is 0 Å². The van der Waals surface area contributed by atoms with Crippen LogP contribution in [0, 0.1) is 0 Å². The molecule has 0 rings (SSSR count). The summed E-state index contributed by atoms with van der Waals surface area (Å²) in [5.41, 5.74) is 0. The Kier molecular flexibility index (Phi) is 62.1. The van der Waals surface area contributed by atoms with Gasteiger partial charge in [-0.25, -0.2) is 0 Å². The molecule has 0 aromatic heterocycles. The number of rotatable bonds is 62. The van der Waals surface area contributed by atoms with Gasteiger partial charge in [-0.3, -0.25) is 14.4 Å². The van der Waals surface area contributed by atoms with Crippen LogP contribution in [-0.4, -0.2) is 37.2 Å². The van der Waals surface area contributed by atoms with Crippen molar-refractivity contribution in [1.82, 2.24) is 0 Å². The molecule has 75 heavy (non-hydrogen) atoms. The van der Waals surface area contributed by atoms with Gasteiger partial charge in [0, 0.05) is 19.3 Å². The number of hydrogen-bond donors (Lipinski definition) is 0. The summed E-state index contributed by atoms with van der Waals surface area (Å²) in [5.74, 6) is -0.855. The highest BCUT2D eigenvalue weighted by Gasteiger charge is 2.19. The highest BCUT2D eigenvalue weighted by atomic mass is 16.6. The Bertz CT molecular complexity index is 1250. The Balaban J connectivity index is 4.30. The predicted molar refractivity (Wildman–Crippen MR) is 326 cm³/mol. The first-order valence-corrected chi connectivity index (χ1v) is 33.5. The summed E-state index contributed by atoms with van der Waals surface area (Å²) in [4.78, 5) is 38.4. The molecule has 0 spiro atoms. The number of carbonyl (C=O) groups excluding carboxylic acids is 3. The lowest BCUT2D eigenvalue weighted by Crippen LogP contribution is -2.30. The number of hydrogen-bond acceptors (Lipinski definition) is 6. The van der Waals surface area contributed by atoms with Crippen molar-refractivity contribution in [2.75, 3.05) is 13.2 Å². The molecular formula is C69H128O6. The standard InChI is InChI=1S/C69H128O6/c1-4-7-10-13-16-19-22-25-28-30-32-33-34-35-37-38-41-44-47-50-53-56-59-62-68(71)74-65-66(64-73-67(70)61-58-55-52-49-46-43-40-27-24-21-18-15-12-9-6-3)75-69(72)63-60-57-54-51-48-45-42-39-36-31-29-26-23-20-17-14-11-8-5-2/h22,25,27,30,32,40,66H,4-21,23-24,26,28-29,31,33-39,41-65H2,1-3H3/b25-22-,32-30-,40-27-. The molecule has 0 saturated heterocycles. The summed E-state index contributed by atoms with van der Waals surface area (Å²) in [7, 11) is 0. The van der Waals surface area contributed by atoms with E-state index in [0.717, 1.165) is 70.6 Å². The van der Waals surface area contributed by atoms with Crippen LogP contribution >= 0.6 is 0 Å². The molecule has 0 aromatic carbocycles. The smallest absolute Gasteiger partial charge is 0.306 e. The quantitative estimate of drug-likeness (QED) is 0.0261. The Labute approximate surface area is 467 Å². The Morgan fingerprint density at radius 2 is 0.480 bits per heavy atom.